The molecule has 0 N–H and O–H groups in total. The lowest BCUT2D eigenvalue weighted by atomic mass is 9.88. The van der Waals surface area contributed by atoms with E-state index in [1.165, 1.54) is 4.57 Å². The molecule has 1 aromatic carbocycles. The number of likely N-dealkylation sites (N-methyl/N-ethyl adjacent to an activating group) is 1. The normalized spacial score (nSPS) is 21.6. The van der Waals surface area contributed by atoms with Crippen molar-refractivity contribution >= 4 is 34.0 Å². The first-order valence-corrected chi connectivity index (χ1v) is 14.9. The molecule has 6 rings (SSSR count). The van der Waals surface area contributed by atoms with Gasteiger partial charge in [-0.15, -0.1) is 0 Å². The number of aromatic nitrogens is 2. The first-order valence-electron chi connectivity index (χ1n) is 14.9. The van der Waals surface area contributed by atoms with E-state index in [2.05, 4.69) is 22.0 Å². The third-order valence-electron chi connectivity index (χ3n) is 9.09. The van der Waals surface area contributed by atoms with Gasteiger partial charge < -0.3 is 33.5 Å². The Kier molecular flexibility index (Phi) is 8.13. The van der Waals surface area contributed by atoms with Crippen LogP contribution in [0.5, 0.6) is 5.75 Å². The number of nitrogens with zero attached hydrogens (tertiary/aromatic N) is 7. The van der Waals surface area contributed by atoms with Crippen molar-refractivity contribution in [2.24, 2.45) is 7.05 Å². The minimum Gasteiger partial charge on any atom is -0.482 e. The maximum Gasteiger partial charge on any atom is 0.270 e. The molecule has 4 heterocycles. The maximum absolute atomic E-state index is 13.2. The maximum atomic E-state index is 13.2. The van der Waals surface area contributed by atoms with Gasteiger partial charge in [-0.05, 0) is 56.0 Å². The first-order chi connectivity index (χ1) is 21.3. The van der Waals surface area contributed by atoms with E-state index in [-0.39, 0.29) is 47.5 Å². The molecule has 1 saturated carbocycles. The van der Waals surface area contributed by atoms with Gasteiger partial charge in [0.15, 0.2) is 6.61 Å². The average molecular weight is 598 g/mol. The predicted molar refractivity (Wildman–Crippen MR) is 164 cm³/mol. The molecule has 12 nitrogen and oxygen atoms in total. The molecule has 0 radical (unpaired) electrons. The van der Waals surface area contributed by atoms with Crippen LogP contribution in [-0.4, -0.2) is 80.7 Å². The second-order valence-electron chi connectivity index (χ2n) is 11.6. The molecule has 0 spiro atoms. The zero-order chi connectivity index (χ0) is 31.0. The fourth-order valence-corrected chi connectivity index (χ4v) is 6.61. The second-order valence-corrected chi connectivity index (χ2v) is 11.6. The van der Waals surface area contributed by atoms with Crippen LogP contribution in [-0.2, 0) is 21.3 Å². The fraction of sp³-hybridized carbons (Fsp3) is 0.469. The van der Waals surface area contributed by atoms with Crippen LogP contribution in [0, 0.1) is 22.7 Å². The highest BCUT2D eigenvalue weighted by atomic mass is 16.6. The highest BCUT2D eigenvalue weighted by Gasteiger charge is 2.33. The molecule has 1 aliphatic carbocycles. The van der Waals surface area contributed by atoms with Gasteiger partial charge in [-0.2, -0.15) is 10.5 Å². The number of ether oxygens (including phenoxy) is 3. The van der Waals surface area contributed by atoms with Gasteiger partial charge in [-0.25, -0.2) is 4.98 Å². The summed E-state index contributed by atoms with van der Waals surface area (Å²) in [4.78, 5) is 36.1. The van der Waals surface area contributed by atoms with E-state index in [4.69, 9.17) is 14.2 Å². The van der Waals surface area contributed by atoms with E-state index >= 15 is 0 Å². The number of hydrogen-bond acceptors (Lipinski definition) is 10. The summed E-state index contributed by atoms with van der Waals surface area (Å²) in [5, 5.41) is 19.5. The van der Waals surface area contributed by atoms with Crippen LogP contribution in [0.15, 0.2) is 35.1 Å². The summed E-state index contributed by atoms with van der Waals surface area (Å²) in [5.74, 6) is 0.589. The zero-order valence-corrected chi connectivity index (χ0v) is 25.2. The number of amides is 1. The number of nitriles is 2. The number of fused-ring (bicyclic) bond motifs is 2. The highest BCUT2D eigenvalue weighted by Crippen LogP contribution is 2.39. The minimum atomic E-state index is -0.386. The van der Waals surface area contributed by atoms with Gasteiger partial charge in [0.25, 0.3) is 11.5 Å². The lowest BCUT2D eigenvalue weighted by molar-refractivity contribution is -0.120. The van der Waals surface area contributed by atoms with Crippen molar-refractivity contribution < 1.29 is 19.0 Å². The van der Waals surface area contributed by atoms with Gasteiger partial charge >= 0.3 is 0 Å². The van der Waals surface area contributed by atoms with Gasteiger partial charge in [0.2, 0.25) is 0 Å². The molecule has 3 aliphatic rings. The van der Waals surface area contributed by atoms with Gasteiger partial charge in [0.1, 0.15) is 34.7 Å². The van der Waals surface area contributed by atoms with E-state index in [9.17, 15) is 20.1 Å². The van der Waals surface area contributed by atoms with Crippen LogP contribution in [0.4, 0.5) is 17.1 Å². The predicted octanol–water partition coefficient (Wildman–Crippen LogP) is 2.70. The third-order valence-corrected chi connectivity index (χ3v) is 9.09. The molecular formula is C32H35N7O5. The topological polar surface area (TPSA) is 137 Å². The molecule has 3 aromatic rings. The van der Waals surface area contributed by atoms with Crippen LogP contribution in [0.2, 0.25) is 0 Å². The Balaban J connectivity index is 1.28. The van der Waals surface area contributed by atoms with Gasteiger partial charge in [0, 0.05) is 45.5 Å². The number of carbonyl (C=O) groups excluding carboxylic acids is 1. The molecule has 44 heavy (non-hydrogen) atoms. The zero-order valence-electron chi connectivity index (χ0n) is 25.2. The largest absolute Gasteiger partial charge is 0.482 e. The van der Waals surface area contributed by atoms with E-state index in [1.807, 2.05) is 30.1 Å². The molecule has 1 unspecified atom stereocenters. The van der Waals surface area contributed by atoms with Crippen molar-refractivity contribution in [2.45, 2.75) is 43.9 Å². The number of aryl methyl sites for hydroxylation is 1. The average Bonchev–Trinajstić information content (AvgIpc) is 3.06. The number of rotatable bonds is 6. The van der Waals surface area contributed by atoms with Crippen molar-refractivity contribution in [3.63, 3.8) is 0 Å². The number of carbonyl (C=O) groups is 1. The van der Waals surface area contributed by atoms with Crippen molar-refractivity contribution in [3.05, 3.63) is 51.9 Å². The quantitative estimate of drug-likeness (QED) is 0.417. The molecule has 0 bridgehead atoms. The van der Waals surface area contributed by atoms with Gasteiger partial charge in [-0.3, -0.25) is 9.59 Å². The Labute approximate surface area is 255 Å². The summed E-state index contributed by atoms with van der Waals surface area (Å²) in [7, 11) is 5.29. The number of pyridine rings is 2. The van der Waals surface area contributed by atoms with E-state index in [1.54, 1.807) is 31.1 Å². The molecular weight excluding hydrogens is 562 g/mol. The van der Waals surface area contributed by atoms with Crippen molar-refractivity contribution in [1.29, 1.82) is 10.5 Å². The van der Waals surface area contributed by atoms with Crippen molar-refractivity contribution in [3.8, 4) is 17.9 Å². The number of benzene rings is 1. The molecule has 1 atom stereocenters. The highest BCUT2D eigenvalue weighted by molar-refractivity contribution is 5.98. The van der Waals surface area contributed by atoms with Crippen LogP contribution in [0.25, 0.3) is 11.0 Å². The Morgan fingerprint density at radius 3 is 2.50 bits per heavy atom. The van der Waals surface area contributed by atoms with E-state index in [0.29, 0.717) is 48.8 Å². The monoisotopic (exact) mass is 597 g/mol. The summed E-state index contributed by atoms with van der Waals surface area (Å²) in [6.45, 7) is 2.33. The summed E-state index contributed by atoms with van der Waals surface area (Å²) in [6.07, 6.45) is 3.25. The lowest BCUT2D eigenvalue weighted by Gasteiger charge is -2.43. The summed E-state index contributed by atoms with van der Waals surface area (Å²) in [5.41, 5.74) is 3.11. The van der Waals surface area contributed by atoms with Crippen molar-refractivity contribution in [2.75, 3.05) is 61.8 Å². The molecule has 228 valence electrons. The summed E-state index contributed by atoms with van der Waals surface area (Å²) >= 11 is 0. The molecule has 2 aromatic heterocycles. The third kappa shape index (κ3) is 5.32. The lowest BCUT2D eigenvalue weighted by Crippen LogP contribution is -2.48. The first kappa shape index (κ1) is 29.4. The Hall–Kier alpha value is -4.65. The Bertz CT molecular complexity index is 1730. The fourth-order valence-electron chi connectivity index (χ4n) is 6.61. The number of hydrogen-bond donors (Lipinski definition) is 0. The van der Waals surface area contributed by atoms with Crippen LogP contribution in [0.3, 0.4) is 0 Å². The minimum absolute atomic E-state index is 0.0261. The molecule has 12 heteroatoms. The van der Waals surface area contributed by atoms with Crippen LogP contribution < -0.4 is 25.0 Å². The van der Waals surface area contributed by atoms with Gasteiger partial charge in [-0.1, -0.05) is 0 Å². The summed E-state index contributed by atoms with van der Waals surface area (Å²) in [6, 6.07) is 13.7. The molecule has 2 fully saturated rings. The Morgan fingerprint density at radius 1 is 1.02 bits per heavy atom. The van der Waals surface area contributed by atoms with E-state index < -0.39 is 0 Å². The van der Waals surface area contributed by atoms with Crippen LogP contribution in [0.1, 0.15) is 36.9 Å². The molecule has 1 saturated heterocycles. The SMILES string of the molecule is CN1C(=O)COc2ccc(N(CC3COCCO3)[C@H]3CC[C@@H](N(C)c4c(C#N)c(=O)n(C)c5ccc(C#N)nc45)CC3)cc21. The second kappa shape index (κ2) is 12.2. The Morgan fingerprint density at radius 2 is 1.80 bits per heavy atom. The molecule has 2 aliphatic heterocycles. The standard InChI is InChI=1S/C32H35N7O5/c1-36(31-25(16-34)32(41)38(3)26-10-4-20(15-33)35-30(26)31)21-5-7-22(8-6-21)39(17-24-18-42-12-13-43-24)23-9-11-28-27(14-23)37(2)29(40)19-44-28/h4,9-11,14,21-22,24H,5-8,12-13,17-19H2,1-3H3/t21-,22+,24?. The summed E-state index contributed by atoms with van der Waals surface area (Å²) < 4.78 is 18.8. The van der Waals surface area contributed by atoms with Gasteiger partial charge in [0.05, 0.1) is 42.8 Å². The molecule has 1 amide bonds. The van der Waals surface area contributed by atoms with E-state index in [0.717, 1.165) is 37.1 Å². The number of anilines is 3. The van der Waals surface area contributed by atoms with Crippen molar-refractivity contribution in [1.82, 2.24) is 9.55 Å². The van der Waals surface area contributed by atoms with Crippen LogP contribution >= 0.6 is 0 Å². The smallest absolute Gasteiger partial charge is 0.270 e.